The van der Waals surface area contributed by atoms with Crippen LogP contribution in [-0.4, -0.2) is 9.88 Å². The van der Waals surface area contributed by atoms with Gasteiger partial charge in [0.1, 0.15) is 10.6 Å². The summed E-state index contributed by atoms with van der Waals surface area (Å²) in [6.45, 7) is 0. The Balaban J connectivity index is 1.43. The number of aromatic nitrogens is 1. The summed E-state index contributed by atoms with van der Waals surface area (Å²) in [6.07, 6.45) is 0. The predicted octanol–water partition coefficient (Wildman–Crippen LogP) is 7.00. The Hall–Kier alpha value is -4.50. The van der Waals surface area contributed by atoms with Crippen molar-refractivity contribution in [2.75, 3.05) is 0 Å². The molecule has 0 saturated carbocycles. The SMILES string of the molecule is O[P+](c1ccccc1)(c1ccccc1)c1cccc(-c2cc3c(c4ccccc24)Oc2ccccc2O3)n1. The second kappa shape index (κ2) is 9.11. The topological polar surface area (TPSA) is 51.6 Å². The second-order valence-corrected chi connectivity index (χ2v) is 11.9. The van der Waals surface area contributed by atoms with Gasteiger partial charge in [-0.05, 0) is 53.9 Å². The maximum Gasteiger partial charge on any atom is 0.257 e. The van der Waals surface area contributed by atoms with Crippen LogP contribution in [0.25, 0.3) is 22.0 Å². The Bertz CT molecular complexity index is 1750. The fraction of sp³-hybridized carbons (Fsp3) is 0. The van der Waals surface area contributed by atoms with E-state index in [9.17, 15) is 4.89 Å². The van der Waals surface area contributed by atoms with Crippen molar-refractivity contribution in [1.29, 1.82) is 0 Å². The summed E-state index contributed by atoms with van der Waals surface area (Å²) in [4.78, 5) is 17.5. The lowest BCUT2D eigenvalue weighted by molar-refractivity contribution is 0.363. The minimum absolute atomic E-state index is 0.640. The van der Waals surface area contributed by atoms with E-state index in [-0.39, 0.29) is 0 Å². The first-order chi connectivity index (χ1) is 18.7. The van der Waals surface area contributed by atoms with E-state index in [1.807, 2.05) is 127 Å². The first-order valence-electron chi connectivity index (χ1n) is 12.4. The number of nitrogens with zero attached hydrogens (tertiary/aromatic N) is 1. The van der Waals surface area contributed by atoms with E-state index >= 15 is 0 Å². The summed E-state index contributed by atoms with van der Waals surface area (Å²) < 4.78 is 12.6. The molecule has 1 aliphatic heterocycles. The molecule has 182 valence electrons. The summed E-state index contributed by atoms with van der Waals surface area (Å²) in [5.41, 5.74) is 2.32. The molecule has 1 aliphatic rings. The molecule has 1 N–H and O–H groups in total. The van der Waals surface area contributed by atoms with Gasteiger partial charge in [0.15, 0.2) is 23.0 Å². The Labute approximate surface area is 221 Å². The lowest BCUT2D eigenvalue weighted by atomic mass is 9.99. The molecule has 4 nitrogen and oxygen atoms in total. The van der Waals surface area contributed by atoms with Gasteiger partial charge in [-0.2, -0.15) is 0 Å². The number of benzene rings is 5. The molecule has 0 aliphatic carbocycles. The highest BCUT2D eigenvalue weighted by Crippen LogP contribution is 2.52. The zero-order valence-electron chi connectivity index (χ0n) is 20.4. The van der Waals surface area contributed by atoms with Crippen LogP contribution in [0.1, 0.15) is 0 Å². The van der Waals surface area contributed by atoms with Crippen molar-refractivity contribution >= 4 is 34.3 Å². The smallest absolute Gasteiger partial charge is 0.257 e. The third-order valence-electron chi connectivity index (χ3n) is 6.84. The van der Waals surface area contributed by atoms with E-state index in [4.69, 9.17) is 14.5 Å². The Morgan fingerprint density at radius 3 is 1.79 bits per heavy atom. The molecule has 38 heavy (non-hydrogen) atoms. The van der Waals surface area contributed by atoms with Crippen LogP contribution in [0.5, 0.6) is 23.0 Å². The largest absolute Gasteiger partial charge is 0.449 e. The summed E-state index contributed by atoms with van der Waals surface area (Å²) >= 11 is 0. The average Bonchev–Trinajstić information content (AvgIpc) is 3.00. The van der Waals surface area contributed by atoms with Crippen LogP contribution in [0, 0.1) is 0 Å². The molecule has 7 rings (SSSR count). The van der Waals surface area contributed by atoms with Crippen LogP contribution in [0.3, 0.4) is 0 Å². The number of hydrogen-bond acceptors (Lipinski definition) is 4. The van der Waals surface area contributed by atoms with Gasteiger partial charge in [0.05, 0.1) is 5.69 Å². The number of para-hydroxylation sites is 2. The van der Waals surface area contributed by atoms with Gasteiger partial charge in [-0.25, -0.2) is 9.88 Å². The third kappa shape index (κ3) is 3.66. The first-order valence-corrected chi connectivity index (χ1v) is 14.2. The molecule has 2 heterocycles. The fourth-order valence-corrected chi connectivity index (χ4v) is 7.61. The van der Waals surface area contributed by atoms with Crippen molar-refractivity contribution in [1.82, 2.24) is 4.98 Å². The van der Waals surface area contributed by atoms with Gasteiger partial charge >= 0.3 is 0 Å². The first kappa shape index (κ1) is 22.7. The number of rotatable bonds is 4. The van der Waals surface area contributed by atoms with Crippen molar-refractivity contribution in [2.45, 2.75) is 0 Å². The normalized spacial score (nSPS) is 12.2. The van der Waals surface area contributed by atoms with Crippen LogP contribution in [0.15, 0.2) is 133 Å². The van der Waals surface area contributed by atoms with Crippen LogP contribution in [0.4, 0.5) is 0 Å². The van der Waals surface area contributed by atoms with Crippen molar-refractivity contribution in [2.24, 2.45) is 0 Å². The molecule has 0 atom stereocenters. The molecular formula is C33H23NO3P+. The monoisotopic (exact) mass is 512 g/mol. The summed E-state index contributed by atoms with van der Waals surface area (Å²) in [7, 11) is -2.97. The summed E-state index contributed by atoms with van der Waals surface area (Å²) in [5, 5.41) is 3.66. The standard InChI is InChI=1S/C33H23NO3P/c35-38(23-12-3-1-4-13-23,24-14-5-2-6-15-24)32-21-11-18-28(34-32)27-22-31-33(26-17-8-7-16-25(26)27)37-30-20-10-9-19-29(30)36-31/h1-22,35H/q+1. The molecule has 0 amide bonds. The predicted molar refractivity (Wildman–Crippen MR) is 155 cm³/mol. The molecule has 0 radical (unpaired) electrons. The molecule has 0 saturated heterocycles. The van der Waals surface area contributed by atoms with Crippen molar-refractivity contribution in [3.05, 3.63) is 133 Å². The average molecular weight is 513 g/mol. The van der Waals surface area contributed by atoms with E-state index in [1.165, 1.54) is 0 Å². The second-order valence-electron chi connectivity index (χ2n) is 9.14. The number of pyridine rings is 1. The van der Waals surface area contributed by atoms with Gasteiger partial charge in [-0.15, -0.1) is 0 Å². The molecule has 0 unspecified atom stereocenters. The van der Waals surface area contributed by atoms with Gasteiger partial charge < -0.3 is 9.47 Å². The van der Waals surface area contributed by atoms with Crippen LogP contribution < -0.4 is 25.5 Å². The van der Waals surface area contributed by atoms with E-state index in [0.29, 0.717) is 28.4 Å². The minimum Gasteiger partial charge on any atom is -0.449 e. The zero-order valence-corrected chi connectivity index (χ0v) is 21.3. The molecule has 5 heteroatoms. The lowest BCUT2D eigenvalue weighted by Crippen LogP contribution is -2.32. The van der Waals surface area contributed by atoms with Crippen molar-refractivity contribution in [3.8, 4) is 34.3 Å². The van der Waals surface area contributed by atoms with Gasteiger partial charge in [0.25, 0.3) is 7.49 Å². The number of hydrogen-bond donors (Lipinski definition) is 1. The zero-order chi connectivity index (χ0) is 25.5. The Morgan fingerprint density at radius 1 is 0.526 bits per heavy atom. The molecule has 0 bridgehead atoms. The van der Waals surface area contributed by atoms with Crippen LogP contribution >= 0.6 is 7.49 Å². The molecule has 0 spiro atoms. The highest BCUT2D eigenvalue weighted by molar-refractivity contribution is 7.90. The molecular weight excluding hydrogens is 489 g/mol. The fourth-order valence-electron chi connectivity index (χ4n) is 5.02. The molecule has 5 aromatic carbocycles. The maximum atomic E-state index is 12.4. The van der Waals surface area contributed by atoms with Gasteiger partial charge in [-0.3, -0.25) is 0 Å². The Kier molecular flexibility index (Phi) is 5.44. The number of fused-ring (bicyclic) bond motifs is 4. The highest BCUT2D eigenvalue weighted by Gasteiger charge is 2.46. The molecule has 1 aromatic heterocycles. The minimum atomic E-state index is -2.97. The van der Waals surface area contributed by atoms with E-state index in [1.54, 1.807) is 0 Å². The van der Waals surface area contributed by atoms with Gasteiger partial charge in [-0.1, -0.05) is 78.9 Å². The maximum absolute atomic E-state index is 12.4. The van der Waals surface area contributed by atoms with Crippen molar-refractivity contribution < 1.29 is 14.4 Å². The van der Waals surface area contributed by atoms with E-state index in [0.717, 1.165) is 32.6 Å². The van der Waals surface area contributed by atoms with Crippen LogP contribution in [0.2, 0.25) is 0 Å². The Morgan fingerprint density at radius 2 is 1.11 bits per heavy atom. The third-order valence-corrected chi connectivity index (χ3v) is 9.85. The molecule has 0 fully saturated rings. The van der Waals surface area contributed by atoms with E-state index in [2.05, 4.69) is 6.07 Å². The van der Waals surface area contributed by atoms with Crippen LogP contribution in [-0.2, 0) is 0 Å². The lowest BCUT2D eigenvalue weighted by Gasteiger charge is -2.23. The van der Waals surface area contributed by atoms with E-state index < -0.39 is 7.49 Å². The van der Waals surface area contributed by atoms with Gasteiger partial charge in [0.2, 0.25) is 5.44 Å². The summed E-state index contributed by atoms with van der Waals surface area (Å²) in [5.74, 6) is 2.70. The van der Waals surface area contributed by atoms with Gasteiger partial charge in [0, 0.05) is 17.0 Å². The summed E-state index contributed by atoms with van der Waals surface area (Å²) in [6, 6.07) is 43.3. The van der Waals surface area contributed by atoms with Crippen molar-refractivity contribution in [3.63, 3.8) is 0 Å². The highest BCUT2D eigenvalue weighted by atomic mass is 31.2. The quantitative estimate of drug-likeness (QED) is 0.258. The number of ether oxygens (including phenoxy) is 2. The molecule has 6 aromatic rings.